The largest absolute Gasteiger partial charge is 0.357 e. The van der Waals surface area contributed by atoms with Gasteiger partial charge in [0.05, 0.1) is 12.1 Å². The lowest BCUT2D eigenvalue weighted by Crippen LogP contribution is -2.47. The van der Waals surface area contributed by atoms with E-state index in [0.717, 1.165) is 12.8 Å². The number of hydrogen-bond donors (Lipinski definition) is 1. The molecule has 2 atom stereocenters. The standard InChI is InChI=1S/C15H19N3O2.H2/c1-10(19)11-6-8-18(9-7-11)15(20)14-16-12-4-2-3-5-13(12)17-14;/h2-5,11-13H,6-9H2,1H3,(H,16,17);1H. The van der Waals surface area contributed by atoms with E-state index in [1.54, 1.807) is 11.8 Å². The van der Waals surface area contributed by atoms with Gasteiger partial charge in [0.2, 0.25) is 0 Å². The molecule has 3 aliphatic rings. The molecule has 3 rings (SSSR count). The second-order valence-corrected chi connectivity index (χ2v) is 5.59. The van der Waals surface area contributed by atoms with Crippen molar-refractivity contribution < 1.29 is 11.0 Å². The molecule has 0 aromatic carbocycles. The summed E-state index contributed by atoms with van der Waals surface area (Å²) in [6.45, 7) is 2.92. The number of rotatable bonds is 2. The van der Waals surface area contributed by atoms with Crippen molar-refractivity contribution in [1.82, 2.24) is 10.2 Å². The minimum atomic E-state index is -0.0387. The minimum Gasteiger partial charge on any atom is -0.357 e. The first-order valence-electron chi connectivity index (χ1n) is 7.14. The summed E-state index contributed by atoms with van der Waals surface area (Å²) < 4.78 is 0. The highest BCUT2D eigenvalue weighted by Gasteiger charge is 2.33. The van der Waals surface area contributed by atoms with Crippen LogP contribution in [0, 0.1) is 5.92 Å². The summed E-state index contributed by atoms with van der Waals surface area (Å²) in [7, 11) is 0. The zero-order chi connectivity index (χ0) is 14.1. The molecular weight excluding hydrogens is 254 g/mol. The van der Waals surface area contributed by atoms with Crippen molar-refractivity contribution in [1.29, 1.82) is 0 Å². The Balaban J connectivity index is 0.00000161. The van der Waals surface area contributed by atoms with E-state index < -0.39 is 0 Å². The molecule has 108 valence electrons. The van der Waals surface area contributed by atoms with Crippen LogP contribution in [0.1, 0.15) is 21.2 Å². The number of piperidine rings is 1. The Kier molecular flexibility index (Phi) is 3.42. The van der Waals surface area contributed by atoms with Crippen molar-refractivity contribution >= 4 is 17.5 Å². The Bertz CT molecular complexity index is 519. The van der Waals surface area contributed by atoms with E-state index in [9.17, 15) is 9.59 Å². The molecule has 0 radical (unpaired) electrons. The van der Waals surface area contributed by atoms with Crippen LogP contribution in [0.3, 0.4) is 0 Å². The topological polar surface area (TPSA) is 61.8 Å². The number of allylic oxidation sites excluding steroid dienone is 2. The number of nitrogens with zero attached hydrogens (tertiary/aromatic N) is 2. The third-order valence-corrected chi connectivity index (χ3v) is 4.25. The second kappa shape index (κ2) is 5.23. The molecule has 1 N–H and O–H groups in total. The maximum Gasteiger partial charge on any atom is 0.288 e. The fourth-order valence-corrected chi connectivity index (χ4v) is 2.95. The van der Waals surface area contributed by atoms with Crippen molar-refractivity contribution in [3.8, 4) is 0 Å². The quantitative estimate of drug-likeness (QED) is 0.815. The summed E-state index contributed by atoms with van der Waals surface area (Å²) in [6.07, 6.45) is 9.48. The van der Waals surface area contributed by atoms with Crippen LogP contribution in [0.4, 0.5) is 0 Å². The Morgan fingerprint density at radius 1 is 1.30 bits per heavy atom. The van der Waals surface area contributed by atoms with Gasteiger partial charge < -0.3 is 10.2 Å². The summed E-state index contributed by atoms with van der Waals surface area (Å²) in [5.41, 5.74) is 0. The summed E-state index contributed by atoms with van der Waals surface area (Å²) in [5, 5.41) is 3.18. The molecule has 1 amide bonds. The van der Waals surface area contributed by atoms with Gasteiger partial charge in [0, 0.05) is 20.4 Å². The van der Waals surface area contributed by atoms with Crippen LogP contribution >= 0.6 is 0 Å². The van der Waals surface area contributed by atoms with Crippen molar-refractivity contribution in [2.75, 3.05) is 13.1 Å². The van der Waals surface area contributed by atoms with E-state index in [-0.39, 0.29) is 31.1 Å². The number of amides is 1. The first kappa shape index (κ1) is 13.1. The molecule has 1 saturated heterocycles. The van der Waals surface area contributed by atoms with Gasteiger partial charge in [-0.25, -0.2) is 0 Å². The van der Waals surface area contributed by atoms with E-state index in [1.807, 2.05) is 24.3 Å². The highest BCUT2D eigenvalue weighted by molar-refractivity contribution is 6.38. The van der Waals surface area contributed by atoms with Gasteiger partial charge in [-0.2, -0.15) is 0 Å². The fourth-order valence-electron chi connectivity index (χ4n) is 2.95. The van der Waals surface area contributed by atoms with Gasteiger partial charge in [-0.1, -0.05) is 24.3 Å². The molecule has 2 unspecified atom stereocenters. The van der Waals surface area contributed by atoms with E-state index >= 15 is 0 Å². The monoisotopic (exact) mass is 275 g/mol. The number of nitrogens with one attached hydrogen (secondary N) is 1. The molecule has 2 heterocycles. The van der Waals surface area contributed by atoms with Gasteiger partial charge in [0.15, 0.2) is 5.84 Å². The molecule has 0 spiro atoms. The molecule has 1 fully saturated rings. The molecule has 1 aliphatic carbocycles. The van der Waals surface area contributed by atoms with Crippen molar-refractivity contribution in [3.63, 3.8) is 0 Å². The summed E-state index contributed by atoms with van der Waals surface area (Å²) >= 11 is 0. The zero-order valence-electron chi connectivity index (χ0n) is 11.6. The maximum absolute atomic E-state index is 12.4. The highest BCUT2D eigenvalue weighted by atomic mass is 16.2. The Morgan fingerprint density at radius 3 is 2.65 bits per heavy atom. The van der Waals surface area contributed by atoms with Gasteiger partial charge in [0.25, 0.3) is 5.91 Å². The van der Waals surface area contributed by atoms with Crippen LogP contribution in [0.15, 0.2) is 29.3 Å². The average molecular weight is 275 g/mol. The van der Waals surface area contributed by atoms with Gasteiger partial charge in [-0.05, 0) is 19.8 Å². The predicted molar refractivity (Wildman–Crippen MR) is 78.5 cm³/mol. The maximum atomic E-state index is 12.4. The number of hydrogen-bond acceptors (Lipinski definition) is 4. The number of fused-ring (bicyclic) bond motifs is 1. The molecule has 0 saturated carbocycles. The van der Waals surface area contributed by atoms with Crippen LogP contribution in [-0.2, 0) is 9.59 Å². The first-order valence-corrected chi connectivity index (χ1v) is 7.14. The normalized spacial score (nSPS) is 28.9. The molecule has 0 aromatic rings. The number of likely N-dealkylation sites (tertiary alicyclic amines) is 1. The molecule has 5 heteroatoms. The van der Waals surface area contributed by atoms with Gasteiger partial charge >= 0.3 is 0 Å². The van der Waals surface area contributed by atoms with Gasteiger partial charge in [0.1, 0.15) is 5.78 Å². The fraction of sp³-hybridized carbons (Fsp3) is 0.533. The number of Topliss-reactive ketones (excluding diaryl/α,β-unsaturated/α-hetero) is 1. The van der Waals surface area contributed by atoms with Crippen LogP contribution in [0.5, 0.6) is 0 Å². The van der Waals surface area contributed by atoms with Crippen molar-refractivity contribution in [2.24, 2.45) is 10.9 Å². The molecule has 0 aromatic heterocycles. The van der Waals surface area contributed by atoms with Crippen LogP contribution in [-0.4, -0.2) is 47.6 Å². The van der Waals surface area contributed by atoms with Gasteiger partial charge in [-0.3, -0.25) is 14.6 Å². The third-order valence-electron chi connectivity index (χ3n) is 4.25. The van der Waals surface area contributed by atoms with Crippen molar-refractivity contribution in [3.05, 3.63) is 24.3 Å². The number of amidine groups is 1. The number of carbonyl (C=O) groups is 2. The minimum absolute atomic E-state index is 0. The number of ketones is 1. The summed E-state index contributed by atoms with van der Waals surface area (Å²) in [5.74, 6) is 0.765. The lowest BCUT2D eigenvalue weighted by molar-refractivity contribution is -0.129. The Hall–Kier alpha value is -1.91. The third kappa shape index (κ3) is 2.40. The van der Waals surface area contributed by atoms with Crippen molar-refractivity contribution in [2.45, 2.75) is 31.8 Å². The predicted octanol–water partition coefficient (Wildman–Crippen LogP) is 0.925. The smallest absolute Gasteiger partial charge is 0.288 e. The van der Waals surface area contributed by atoms with E-state index in [2.05, 4.69) is 10.3 Å². The van der Waals surface area contributed by atoms with E-state index in [1.165, 1.54) is 0 Å². The summed E-state index contributed by atoms with van der Waals surface area (Å²) in [6, 6.07) is 0.141. The molecular formula is C15H21N3O2. The number of aliphatic imine (C=N–C) groups is 1. The van der Waals surface area contributed by atoms with Crippen LogP contribution < -0.4 is 5.32 Å². The second-order valence-electron chi connectivity index (χ2n) is 5.59. The lowest BCUT2D eigenvalue weighted by Gasteiger charge is -2.30. The van der Waals surface area contributed by atoms with Gasteiger partial charge in [-0.15, -0.1) is 0 Å². The first-order chi connectivity index (χ1) is 9.65. The lowest BCUT2D eigenvalue weighted by atomic mass is 9.93. The van der Waals surface area contributed by atoms with Crippen LogP contribution in [0.25, 0.3) is 0 Å². The molecule has 2 aliphatic heterocycles. The molecule has 20 heavy (non-hydrogen) atoms. The highest BCUT2D eigenvalue weighted by Crippen LogP contribution is 2.20. The van der Waals surface area contributed by atoms with Crippen LogP contribution in [0.2, 0.25) is 0 Å². The molecule has 0 bridgehead atoms. The van der Waals surface area contributed by atoms with E-state index in [4.69, 9.17) is 0 Å². The average Bonchev–Trinajstić information content (AvgIpc) is 2.90. The number of carbonyl (C=O) groups excluding carboxylic acids is 2. The van der Waals surface area contributed by atoms with E-state index in [0.29, 0.717) is 18.9 Å². The SMILES string of the molecule is CC(=O)C1CCN(C(=O)C2=NC3C=CC=CC3N2)CC1.[HH]. The zero-order valence-corrected chi connectivity index (χ0v) is 11.6. The summed E-state index contributed by atoms with van der Waals surface area (Å²) in [4.78, 5) is 30.0. The Labute approximate surface area is 119 Å². The Morgan fingerprint density at radius 2 is 2.00 bits per heavy atom. The molecule has 5 nitrogen and oxygen atoms in total.